The van der Waals surface area contributed by atoms with Gasteiger partial charge in [-0.3, -0.25) is 20.2 Å². The van der Waals surface area contributed by atoms with Crippen LogP contribution < -0.4 is 15.4 Å². The highest BCUT2D eigenvalue weighted by Gasteiger charge is 2.51. The zero-order valence-electron chi connectivity index (χ0n) is 16.9. The second-order valence-corrected chi connectivity index (χ2v) is 9.03. The first-order chi connectivity index (χ1) is 14.4. The van der Waals surface area contributed by atoms with Crippen molar-refractivity contribution in [3.8, 4) is 5.75 Å². The molecule has 160 valence electrons. The van der Waals surface area contributed by atoms with Crippen LogP contribution >= 0.6 is 0 Å². The number of urea groups is 1. The lowest BCUT2D eigenvalue weighted by atomic mass is 9.53. The third-order valence-corrected chi connectivity index (χ3v) is 6.65. The normalized spacial score (nSPS) is 28.6. The van der Waals surface area contributed by atoms with Gasteiger partial charge in [0.25, 0.3) is 11.6 Å². The number of ether oxygens (including phenoxy) is 1. The molecule has 1 aromatic carbocycles. The van der Waals surface area contributed by atoms with E-state index >= 15 is 0 Å². The summed E-state index contributed by atoms with van der Waals surface area (Å²) in [4.78, 5) is 35.1. The summed E-state index contributed by atoms with van der Waals surface area (Å²) in [6.45, 7) is 3.29. The third-order valence-electron chi connectivity index (χ3n) is 6.65. The van der Waals surface area contributed by atoms with Gasteiger partial charge in [-0.25, -0.2) is 4.79 Å². The van der Waals surface area contributed by atoms with Gasteiger partial charge in [0.1, 0.15) is 5.75 Å². The molecule has 4 aliphatic rings. The molecular formula is C22H27N3O5. The van der Waals surface area contributed by atoms with Crippen molar-refractivity contribution in [3.05, 3.63) is 46.5 Å². The molecule has 4 fully saturated rings. The van der Waals surface area contributed by atoms with Gasteiger partial charge in [-0.15, -0.1) is 6.58 Å². The minimum atomic E-state index is -0.555. The lowest BCUT2D eigenvalue weighted by molar-refractivity contribution is -0.384. The number of non-ortho nitro benzene ring substituents is 1. The molecular weight excluding hydrogens is 386 g/mol. The minimum absolute atomic E-state index is 0.0568. The van der Waals surface area contributed by atoms with Crippen LogP contribution in [-0.4, -0.2) is 29.0 Å². The zero-order valence-corrected chi connectivity index (χ0v) is 16.9. The van der Waals surface area contributed by atoms with Gasteiger partial charge in [0, 0.05) is 23.2 Å². The maximum atomic E-state index is 12.5. The second-order valence-electron chi connectivity index (χ2n) is 9.03. The number of benzene rings is 1. The van der Waals surface area contributed by atoms with E-state index in [2.05, 4.69) is 17.2 Å². The number of rotatable bonds is 7. The van der Waals surface area contributed by atoms with Gasteiger partial charge < -0.3 is 10.1 Å². The topological polar surface area (TPSA) is 111 Å². The highest BCUT2D eigenvalue weighted by Crippen LogP contribution is 2.55. The van der Waals surface area contributed by atoms with Crippen LogP contribution in [0, 0.1) is 27.9 Å². The molecule has 4 aliphatic carbocycles. The highest BCUT2D eigenvalue weighted by molar-refractivity contribution is 5.95. The molecule has 8 heteroatoms. The van der Waals surface area contributed by atoms with Crippen molar-refractivity contribution in [1.82, 2.24) is 10.6 Å². The van der Waals surface area contributed by atoms with Crippen LogP contribution in [0.4, 0.5) is 10.5 Å². The van der Waals surface area contributed by atoms with Crippen molar-refractivity contribution < 1.29 is 19.2 Å². The van der Waals surface area contributed by atoms with Crippen molar-refractivity contribution in [2.24, 2.45) is 17.8 Å². The number of imide groups is 1. The molecule has 30 heavy (non-hydrogen) atoms. The molecule has 3 amide bonds. The number of allylic oxidation sites excluding steroid dienone is 1. The van der Waals surface area contributed by atoms with Crippen LogP contribution in [0.2, 0.25) is 0 Å². The number of nitro benzene ring substituents is 1. The number of amides is 3. The van der Waals surface area contributed by atoms with Gasteiger partial charge >= 0.3 is 6.03 Å². The summed E-state index contributed by atoms with van der Waals surface area (Å²) in [5.74, 6) is 1.89. The van der Waals surface area contributed by atoms with Gasteiger partial charge in [0.05, 0.1) is 4.92 Å². The summed E-state index contributed by atoms with van der Waals surface area (Å²) in [6, 6.07) is 3.70. The third kappa shape index (κ3) is 4.32. The smallest absolute Gasteiger partial charge is 0.321 e. The summed E-state index contributed by atoms with van der Waals surface area (Å²) in [7, 11) is 0. The Morgan fingerprint density at radius 2 is 1.83 bits per heavy atom. The van der Waals surface area contributed by atoms with Gasteiger partial charge in [-0.2, -0.15) is 0 Å². The Kier molecular flexibility index (Phi) is 5.49. The SMILES string of the molecule is C=CCc1cc([N+](=O)[O-])ccc1OCC(=O)NC(=O)NC12CC3CC(CC(C3)C1)C2. The molecule has 0 heterocycles. The molecule has 0 radical (unpaired) electrons. The number of nitrogens with zero attached hydrogens (tertiary/aromatic N) is 1. The summed E-state index contributed by atoms with van der Waals surface area (Å²) < 4.78 is 5.52. The molecule has 0 spiro atoms. The molecule has 0 atom stereocenters. The largest absolute Gasteiger partial charge is 0.483 e. The lowest BCUT2D eigenvalue weighted by Gasteiger charge is -2.56. The second kappa shape index (κ2) is 8.08. The average Bonchev–Trinajstić information content (AvgIpc) is 2.65. The van der Waals surface area contributed by atoms with Crippen LogP contribution in [0.15, 0.2) is 30.9 Å². The van der Waals surface area contributed by atoms with Crippen LogP contribution in [0.25, 0.3) is 0 Å². The molecule has 4 bridgehead atoms. The molecule has 5 rings (SSSR count). The Balaban J connectivity index is 1.31. The van der Waals surface area contributed by atoms with E-state index in [-0.39, 0.29) is 17.8 Å². The van der Waals surface area contributed by atoms with Crippen molar-refractivity contribution in [2.45, 2.75) is 50.5 Å². The number of carbonyl (C=O) groups excluding carboxylic acids is 2. The van der Waals surface area contributed by atoms with Crippen molar-refractivity contribution in [2.75, 3.05) is 6.61 Å². The van der Waals surface area contributed by atoms with E-state index in [1.165, 1.54) is 37.5 Å². The molecule has 0 aliphatic heterocycles. The molecule has 1 aromatic rings. The van der Waals surface area contributed by atoms with E-state index < -0.39 is 16.9 Å². The molecule has 0 aromatic heterocycles. The predicted octanol–water partition coefficient (Wildman–Crippen LogP) is 3.50. The first-order valence-corrected chi connectivity index (χ1v) is 10.5. The fraction of sp³-hybridized carbons (Fsp3) is 0.545. The summed E-state index contributed by atoms with van der Waals surface area (Å²) in [6.07, 6.45) is 8.81. The quantitative estimate of drug-likeness (QED) is 0.404. The number of hydrogen-bond donors (Lipinski definition) is 2. The fourth-order valence-corrected chi connectivity index (χ4v) is 5.98. The van der Waals surface area contributed by atoms with E-state index in [4.69, 9.17) is 4.74 Å². The average molecular weight is 413 g/mol. The summed E-state index contributed by atoms with van der Waals surface area (Å²) >= 11 is 0. The van der Waals surface area contributed by atoms with E-state index in [0.717, 1.165) is 19.3 Å². The number of carbonyl (C=O) groups is 2. The van der Waals surface area contributed by atoms with Crippen LogP contribution in [0.3, 0.4) is 0 Å². The van der Waals surface area contributed by atoms with Gasteiger partial charge in [0.2, 0.25) is 0 Å². The Hall–Kier alpha value is -2.90. The van der Waals surface area contributed by atoms with E-state index in [9.17, 15) is 19.7 Å². The number of nitro groups is 1. The van der Waals surface area contributed by atoms with Crippen LogP contribution in [0.5, 0.6) is 5.75 Å². The van der Waals surface area contributed by atoms with Crippen molar-refractivity contribution >= 4 is 17.6 Å². The zero-order chi connectivity index (χ0) is 21.3. The molecule has 0 unspecified atom stereocenters. The maximum Gasteiger partial charge on any atom is 0.321 e. The molecule has 0 saturated heterocycles. The van der Waals surface area contributed by atoms with E-state index in [0.29, 0.717) is 35.5 Å². The Morgan fingerprint density at radius 3 is 2.40 bits per heavy atom. The van der Waals surface area contributed by atoms with E-state index in [1.54, 1.807) is 6.08 Å². The monoisotopic (exact) mass is 413 g/mol. The standard InChI is InChI=1S/C22H27N3O5/c1-2-3-17-9-18(25(28)29)4-5-19(17)30-13-20(26)23-21(27)24-22-10-14-6-15(11-22)8-16(7-14)12-22/h2,4-5,9,14-16H,1,3,6-8,10-13H2,(H2,23,24,26,27). The van der Waals surface area contributed by atoms with Crippen LogP contribution in [-0.2, 0) is 11.2 Å². The highest BCUT2D eigenvalue weighted by atomic mass is 16.6. The first kappa shape index (κ1) is 20.4. The number of nitrogens with one attached hydrogen (secondary N) is 2. The molecule has 2 N–H and O–H groups in total. The molecule has 8 nitrogen and oxygen atoms in total. The summed E-state index contributed by atoms with van der Waals surface area (Å²) in [5, 5.41) is 16.4. The van der Waals surface area contributed by atoms with Gasteiger partial charge in [0.15, 0.2) is 6.61 Å². The summed E-state index contributed by atoms with van der Waals surface area (Å²) in [5.41, 5.74) is 0.332. The molecule has 4 saturated carbocycles. The Morgan fingerprint density at radius 1 is 1.20 bits per heavy atom. The Labute approximate surface area is 175 Å². The number of hydrogen-bond acceptors (Lipinski definition) is 5. The van der Waals surface area contributed by atoms with Gasteiger partial charge in [-0.1, -0.05) is 6.08 Å². The minimum Gasteiger partial charge on any atom is -0.483 e. The van der Waals surface area contributed by atoms with Crippen LogP contribution in [0.1, 0.15) is 44.1 Å². The van der Waals surface area contributed by atoms with Crippen molar-refractivity contribution in [3.63, 3.8) is 0 Å². The maximum absolute atomic E-state index is 12.5. The Bertz CT molecular complexity index is 846. The van der Waals surface area contributed by atoms with Crippen molar-refractivity contribution in [1.29, 1.82) is 0 Å². The lowest BCUT2D eigenvalue weighted by Crippen LogP contribution is -2.62. The fourth-order valence-electron chi connectivity index (χ4n) is 5.98. The van der Waals surface area contributed by atoms with Gasteiger partial charge in [-0.05, 0) is 68.8 Å². The van der Waals surface area contributed by atoms with E-state index in [1.807, 2.05) is 0 Å². The first-order valence-electron chi connectivity index (χ1n) is 10.5. The predicted molar refractivity (Wildman–Crippen MR) is 110 cm³/mol.